The van der Waals surface area contributed by atoms with E-state index in [2.05, 4.69) is 17.8 Å². The fraction of sp³-hybridized carbons (Fsp3) is 0.708. The van der Waals surface area contributed by atoms with E-state index < -0.39 is 0 Å². The fourth-order valence-electron chi connectivity index (χ4n) is 3.38. The maximum Gasteiger partial charge on any atom is 0.238 e. The number of unbranched alkanes of at least 4 members (excludes halogenated alkanes) is 14. The smallest absolute Gasteiger partial charge is 0.238 e. The molecule has 154 valence electrons. The van der Waals surface area contributed by atoms with Gasteiger partial charge >= 0.3 is 0 Å². The van der Waals surface area contributed by atoms with Gasteiger partial charge in [-0.05, 0) is 18.6 Å². The molecule has 1 amide bonds. The molecule has 0 aliphatic carbocycles. The summed E-state index contributed by atoms with van der Waals surface area (Å²) < 4.78 is 0. The van der Waals surface area contributed by atoms with Crippen LogP contribution in [0.1, 0.15) is 110 Å². The molecule has 0 atom stereocenters. The summed E-state index contributed by atoms with van der Waals surface area (Å²) >= 11 is 0. The van der Waals surface area contributed by atoms with Gasteiger partial charge in [-0.15, -0.1) is 0 Å². The van der Waals surface area contributed by atoms with Crippen LogP contribution in [0.4, 0.5) is 5.69 Å². The Balaban J connectivity index is 1.77. The number of amides is 1. The molecule has 2 N–H and O–H groups in total. The lowest BCUT2D eigenvalue weighted by molar-refractivity contribution is -0.120. The summed E-state index contributed by atoms with van der Waals surface area (Å²) in [5.74, 6) is 0.0774. The van der Waals surface area contributed by atoms with E-state index in [4.69, 9.17) is 0 Å². The van der Waals surface area contributed by atoms with Crippen molar-refractivity contribution < 1.29 is 4.79 Å². The Bertz CT molecular complexity index is 447. The molecule has 0 saturated heterocycles. The van der Waals surface area contributed by atoms with Crippen LogP contribution in [-0.4, -0.2) is 5.91 Å². The molecule has 0 bridgehead atoms. The number of rotatable bonds is 18. The highest BCUT2D eigenvalue weighted by molar-refractivity contribution is 5.77. The van der Waals surface area contributed by atoms with E-state index in [0.29, 0.717) is 6.42 Å². The first-order chi connectivity index (χ1) is 13.3. The third-order valence-corrected chi connectivity index (χ3v) is 5.13. The van der Waals surface area contributed by atoms with E-state index in [1.807, 2.05) is 30.3 Å². The van der Waals surface area contributed by atoms with Crippen molar-refractivity contribution in [3.05, 3.63) is 30.3 Å². The van der Waals surface area contributed by atoms with Gasteiger partial charge in [-0.2, -0.15) is 0 Å². The summed E-state index contributed by atoms with van der Waals surface area (Å²) in [7, 11) is 0. The maximum atomic E-state index is 11.8. The van der Waals surface area contributed by atoms with Crippen LogP contribution < -0.4 is 10.9 Å². The number of hydrogen-bond acceptors (Lipinski definition) is 2. The van der Waals surface area contributed by atoms with Crippen molar-refractivity contribution in [1.82, 2.24) is 5.43 Å². The zero-order valence-electron chi connectivity index (χ0n) is 17.6. The number of para-hydroxylation sites is 1. The fourth-order valence-corrected chi connectivity index (χ4v) is 3.38. The van der Waals surface area contributed by atoms with Crippen LogP contribution in [0.3, 0.4) is 0 Å². The molecule has 0 heterocycles. The number of hydrogen-bond donors (Lipinski definition) is 2. The van der Waals surface area contributed by atoms with Crippen molar-refractivity contribution in [1.29, 1.82) is 0 Å². The lowest BCUT2D eigenvalue weighted by atomic mass is 10.0. The standard InChI is InChI=1S/C24H42N2O/c1-2-3-4-5-6-7-8-9-10-11-12-13-14-15-19-22-24(27)26-25-23-20-17-16-18-21-23/h16-18,20-21,25H,2-15,19,22H2,1H3,(H,26,27). The van der Waals surface area contributed by atoms with Crippen LogP contribution >= 0.6 is 0 Å². The number of carbonyl (C=O) groups is 1. The van der Waals surface area contributed by atoms with Gasteiger partial charge in [-0.1, -0.05) is 115 Å². The van der Waals surface area contributed by atoms with E-state index in [1.54, 1.807) is 0 Å². The Hall–Kier alpha value is -1.51. The Kier molecular flexibility index (Phi) is 15.6. The van der Waals surface area contributed by atoms with Gasteiger partial charge in [0.2, 0.25) is 5.91 Å². The second-order valence-electron chi connectivity index (χ2n) is 7.74. The number of anilines is 1. The highest BCUT2D eigenvalue weighted by Gasteiger charge is 2.00. The molecular weight excluding hydrogens is 332 g/mol. The van der Waals surface area contributed by atoms with Crippen molar-refractivity contribution in [2.45, 2.75) is 110 Å². The highest BCUT2D eigenvalue weighted by Crippen LogP contribution is 2.13. The van der Waals surface area contributed by atoms with Crippen LogP contribution in [0.5, 0.6) is 0 Å². The third kappa shape index (κ3) is 15.3. The average Bonchev–Trinajstić information content (AvgIpc) is 2.70. The van der Waals surface area contributed by atoms with E-state index in [0.717, 1.165) is 18.5 Å². The summed E-state index contributed by atoms with van der Waals surface area (Å²) in [6.07, 6.45) is 20.8. The van der Waals surface area contributed by atoms with E-state index in [9.17, 15) is 4.79 Å². The second kappa shape index (κ2) is 17.9. The molecule has 0 aromatic heterocycles. The highest BCUT2D eigenvalue weighted by atomic mass is 16.2. The number of hydrazine groups is 1. The zero-order valence-corrected chi connectivity index (χ0v) is 17.6. The molecule has 1 aromatic rings. The summed E-state index contributed by atoms with van der Waals surface area (Å²) in [4.78, 5) is 11.8. The summed E-state index contributed by atoms with van der Waals surface area (Å²) in [5, 5.41) is 0. The van der Waals surface area contributed by atoms with Crippen LogP contribution in [0.2, 0.25) is 0 Å². The molecule has 0 saturated carbocycles. The van der Waals surface area contributed by atoms with Crippen molar-refractivity contribution in [2.24, 2.45) is 0 Å². The van der Waals surface area contributed by atoms with Crippen molar-refractivity contribution >= 4 is 11.6 Å². The Morgan fingerprint density at radius 2 is 1.11 bits per heavy atom. The first-order valence-corrected chi connectivity index (χ1v) is 11.4. The normalized spacial score (nSPS) is 10.7. The topological polar surface area (TPSA) is 41.1 Å². The molecular formula is C24H42N2O. The SMILES string of the molecule is CCCCCCCCCCCCCCCCCC(=O)NNc1ccccc1. The number of carbonyl (C=O) groups excluding carboxylic acids is 1. The molecule has 0 aliphatic heterocycles. The van der Waals surface area contributed by atoms with Gasteiger partial charge in [-0.25, -0.2) is 0 Å². The van der Waals surface area contributed by atoms with Gasteiger partial charge in [0.1, 0.15) is 0 Å². The first kappa shape index (κ1) is 23.5. The second-order valence-corrected chi connectivity index (χ2v) is 7.74. The molecule has 0 fully saturated rings. The van der Waals surface area contributed by atoms with Crippen molar-refractivity contribution in [3.8, 4) is 0 Å². The Morgan fingerprint density at radius 1 is 0.667 bits per heavy atom. The molecule has 1 rings (SSSR count). The average molecular weight is 375 g/mol. The third-order valence-electron chi connectivity index (χ3n) is 5.13. The van der Waals surface area contributed by atoms with Crippen LogP contribution in [-0.2, 0) is 4.79 Å². The molecule has 0 radical (unpaired) electrons. The molecule has 0 aliphatic rings. The van der Waals surface area contributed by atoms with Crippen molar-refractivity contribution in [3.63, 3.8) is 0 Å². The van der Waals surface area contributed by atoms with Crippen LogP contribution in [0.25, 0.3) is 0 Å². The van der Waals surface area contributed by atoms with Gasteiger partial charge in [0.25, 0.3) is 0 Å². The molecule has 0 unspecified atom stereocenters. The largest absolute Gasteiger partial charge is 0.299 e. The van der Waals surface area contributed by atoms with Gasteiger partial charge in [0.15, 0.2) is 0 Å². The van der Waals surface area contributed by atoms with Crippen molar-refractivity contribution in [2.75, 3.05) is 5.43 Å². The summed E-state index contributed by atoms with van der Waals surface area (Å²) in [6.45, 7) is 2.28. The minimum Gasteiger partial charge on any atom is -0.299 e. The number of nitrogens with one attached hydrogen (secondary N) is 2. The van der Waals surface area contributed by atoms with E-state index >= 15 is 0 Å². The Labute approximate surface area is 167 Å². The summed E-state index contributed by atoms with van der Waals surface area (Å²) in [5.41, 5.74) is 6.63. The monoisotopic (exact) mass is 374 g/mol. The lowest BCUT2D eigenvalue weighted by Crippen LogP contribution is -2.28. The predicted molar refractivity (Wildman–Crippen MR) is 118 cm³/mol. The maximum absolute atomic E-state index is 11.8. The van der Waals surface area contributed by atoms with Gasteiger partial charge in [-0.3, -0.25) is 15.6 Å². The van der Waals surface area contributed by atoms with Gasteiger partial charge < -0.3 is 0 Å². The predicted octanol–water partition coefficient (Wildman–Crippen LogP) is 7.39. The Morgan fingerprint density at radius 3 is 1.59 bits per heavy atom. The molecule has 27 heavy (non-hydrogen) atoms. The molecule has 1 aromatic carbocycles. The van der Waals surface area contributed by atoms with E-state index in [1.165, 1.54) is 83.5 Å². The summed E-state index contributed by atoms with van der Waals surface area (Å²) in [6, 6.07) is 9.73. The van der Waals surface area contributed by atoms with Gasteiger partial charge in [0.05, 0.1) is 5.69 Å². The zero-order chi connectivity index (χ0) is 19.4. The molecule has 0 spiro atoms. The van der Waals surface area contributed by atoms with Crippen LogP contribution in [0.15, 0.2) is 30.3 Å². The van der Waals surface area contributed by atoms with Gasteiger partial charge in [0, 0.05) is 6.42 Å². The molecule has 3 heteroatoms. The quantitative estimate of drug-likeness (QED) is 0.208. The molecule has 3 nitrogen and oxygen atoms in total. The minimum atomic E-state index is 0.0774. The van der Waals surface area contributed by atoms with E-state index in [-0.39, 0.29) is 5.91 Å². The first-order valence-electron chi connectivity index (χ1n) is 11.4. The lowest BCUT2D eigenvalue weighted by Gasteiger charge is -2.08. The van der Waals surface area contributed by atoms with Crippen LogP contribution in [0, 0.1) is 0 Å². The number of benzene rings is 1. The minimum absolute atomic E-state index is 0.0774.